The lowest BCUT2D eigenvalue weighted by atomic mass is 9.84. The summed E-state index contributed by atoms with van der Waals surface area (Å²) in [5.41, 5.74) is 2.90. The second-order valence-electron chi connectivity index (χ2n) is 7.34. The lowest BCUT2D eigenvalue weighted by Gasteiger charge is -2.24. The van der Waals surface area contributed by atoms with E-state index in [4.69, 9.17) is 0 Å². The number of hydrogen-bond donors (Lipinski definition) is 1. The standard InChI is InChI=1S/C19H26N2/c1-19(2,3)18-13-20-12-15-10-14(7-8-17(15)18)11-16-6-4-5-9-21-16/h7-8,10,12-13,16,21H,4-6,9,11H2,1-3H3. The Labute approximate surface area is 128 Å². The number of nitrogens with one attached hydrogen (secondary N) is 1. The van der Waals surface area contributed by atoms with E-state index in [1.807, 2.05) is 12.4 Å². The first kappa shape index (κ1) is 14.5. The molecule has 2 aromatic rings. The van der Waals surface area contributed by atoms with E-state index in [2.05, 4.69) is 49.3 Å². The monoisotopic (exact) mass is 282 g/mol. The fraction of sp³-hybridized carbons (Fsp3) is 0.526. The van der Waals surface area contributed by atoms with Gasteiger partial charge in [-0.15, -0.1) is 0 Å². The molecule has 3 rings (SSSR count). The maximum absolute atomic E-state index is 4.45. The van der Waals surface area contributed by atoms with Gasteiger partial charge in [-0.05, 0) is 53.8 Å². The number of pyridine rings is 1. The maximum Gasteiger partial charge on any atom is 0.0346 e. The molecule has 0 bridgehead atoms. The Morgan fingerprint density at radius 3 is 2.76 bits per heavy atom. The molecule has 1 fully saturated rings. The van der Waals surface area contributed by atoms with Crippen LogP contribution < -0.4 is 5.32 Å². The quantitative estimate of drug-likeness (QED) is 0.892. The van der Waals surface area contributed by atoms with Crippen LogP contribution in [-0.2, 0) is 11.8 Å². The van der Waals surface area contributed by atoms with Gasteiger partial charge in [-0.2, -0.15) is 0 Å². The molecule has 1 aromatic carbocycles. The predicted molar refractivity (Wildman–Crippen MR) is 89.8 cm³/mol. The summed E-state index contributed by atoms with van der Waals surface area (Å²) in [6, 6.07) is 7.56. The number of piperidine rings is 1. The summed E-state index contributed by atoms with van der Waals surface area (Å²) in [6.07, 6.45) is 9.15. The molecule has 2 heteroatoms. The van der Waals surface area contributed by atoms with Crippen LogP contribution in [-0.4, -0.2) is 17.6 Å². The highest BCUT2D eigenvalue weighted by Crippen LogP contribution is 2.29. The molecule has 1 saturated heterocycles. The van der Waals surface area contributed by atoms with Gasteiger partial charge in [-0.1, -0.05) is 39.3 Å². The SMILES string of the molecule is CC(C)(C)c1cncc2cc(CC3CCCCN3)ccc12. The molecule has 1 N–H and O–H groups in total. The third kappa shape index (κ3) is 3.26. The predicted octanol–water partition coefficient (Wildman–Crippen LogP) is 4.22. The van der Waals surface area contributed by atoms with Crippen LogP contribution in [0, 0.1) is 0 Å². The third-order valence-electron chi connectivity index (χ3n) is 4.53. The molecule has 112 valence electrons. The summed E-state index contributed by atoms with van der Waals surface area (Å²) in [5, 5.41) is 6.25. The zero-order valence-corrected chi connectivity index (χ0v) is 13.4. The molecule has 21 heavy (non-hydrogen) atoms. The van der Waals surface area contributed by atoms with Gasteiger partial charge in [-0.25, -0.2) is 0 Å². The normalized spacial score (nSPS) is 19.9. The van der Waals surface area contributed by atoms with Crippen LogP contribution in [0.25, 0.3) is 10.8 Å². The van der Waals surface area contributed by atoms with E-state index in [0.717, 1.165) is 6.42 Å². The van der Waals surface area contributed by atoms with Crippen molar-refractivity contribution in [1.82, 2.24) is 10.3 Å². The maximum atomic E-state index is 4.45. The van der Waals surface area contributed by atoms with Crippen LogP contribution in [0.3, 0.4) is 0 Å². The Morgan fingerprint density at radius 1 is 1.19 bits per heavy atom. The molecule has 1 atom stereocenters. The van der Waals surface area contributed by atoms with Crippen molar-refractivity contribution >= 4 is 10.8 Å². The fourth-order valence-electron chi connectivity index (χ4n) is 3.33. The summed E-state index contributed by atoms with van der Waals surface area (Å²) in [6.45, 7) is 7.93. The lowest BCUT2D eigenvalue weighted by molar-refractivity contribution is 0.399. The molecule has 1 aliphatic rings. The molecule has 2 nitrogen and oxygen atoms in total. The van der Waals surface area contributed by atoms with E-state index in [9.17, 15) is 0 Å². The van der Waals surface area contributed by atoms with Crippen molar-refractivity contribution in [3.8, 4) is 0 Å². The van der Waals surface area contributed by atoms with Crippen molar-refractivity contribution in [2.24, 2.45) is 0 Å². The van der Waals surface area contributed by atoms with Gasteiger partial charge in [-0.3, -0.25) is 4.98 Å². The van der Waals surface area contributed by atoms with Crippen LogP contribution in [0.5, 0.6) is 0 Å². The third-order valence-corrected chi connectivity index (χ3v) is 4.53. The van der Waals surface area contributed by atoms with Gasteiger partial charge in [0.15, 0.2) is 0 Å². The van der Waals surface area contributed by atoms with Crippen molar-refractivity contribution in [3.05, 3.63) is 41.7 Å². The highest BCUT2D eigenvalue weighted by Gasteiger charge is 2.18. The average molecular weight is 282 g/mol. The first-order valence-corrected chi connectivity index (χ1v) is 8.14. The Bertz CT molecular complexity index is 619. The minimum Gasteiger partial charge on any atom is -0.314 e. The van der Waals surface area contributed by atoms with Crippen LogP contribution in [0.4, 0.5) is 0 Å². The number of nitrogens with zero attached hydrogens (tertiary/aromatic N) is 1. The number of hydrogen-bond acceptors (Lipinski definition) is 2. The number of aromatic nitrogens is 1. The van der Waals surface area contributed by atoms with E-state index in [1.54, 1.807) is 0 Å². The second-order valence-corrected chi connectivity index (χ2v) is 7.34. The topological polar surface area (TPSA) is 24.9 Å². The average Bonchev–Trinajstić information content (AvgIpc) is 2.46. The highest BCUT2D eigenvalue weighted by molar-refractivity contribution is 5.86. The molecule has 1 unspecified atom stereocenters. The van der Waals surface area contributed by atoms with Gasteiger partial charge >= 0.3 is 0 Å². The zero-order chi connectivity index (χ0) is 14.9. The Morgan fingerprint density at radius 2 is 2.05 bits per heavy atom. The molecule has 0 amide bonds. The van der Waals surface area contributed by atoms with E-state index < -0.39 is 0 Å². The first-order chi connectivity index (χ1) is 10.0. The van der Waals surface area contributed by atoms with Crippen LogP contribution in [0.1, 0.15) is 51.2 Å². The highest BCUT2D eigenvalue weighted by atomic mass is 14.9. The van der Waals surface area contributed by atoms with Crippen LogP contribution in [0.15, 0.2) is 30.6 Å². The molecule has 0 aliphatic carbocycles. The van der Waals surface area contributed by atoms with Crippen LogP contribution >= 0.6 is 0 Å². The van der Waals surface area contributed by atoms with Crippen molar-refractivity contribution < 1.29 is 0 Å². The van der Waals surface area contributed by atoms with Gasteiger partial charge in [0, 0.05) is 23.8 Å². The number of benzene rings is 1. The van der Waals surface area contributed by atoms with Crippen molar-refractivity contribution in [2.45, 2.75) is 57.9 Å². The summed E-state index contributed by atoms with van der Waals surface area (Å²) in [5.74, 6) is 0. The van der Waals surface area contributed by atoms with Gasteiger partial charge in [0.05, 0.1) is 0 Å². The number of rotatable bonds is 2. The summed E-state index contributed by atoms with van der Waals surface area (Å²) in [7, 11) is 0. The molecule has 0 spiro atoms. The summed E-state index contributed by atoms with van der Waals surface area (Å²) in [4.78, 5) is 4.45. The summed E-state index contributed by atoms with van der Waals surface area (Å²) >= 11 is 0. The molecule has 0 saturated carbocycles. The van der Waals surface area contributed by atoms with Gasteiger partial charge in [0.2, 0.25) is 0 Å². The smallest absolute Gasteiger partial charge is 0.0346 e. The Hall–Kier alpha value is -1.41. The van der Waals surface area contributed by atoms with Crippen molar-refractivity contribution in [3.63, 3.8) is 0 Å². The van der Waals surface area contributed by atoms with Gasteiger partial charge < -0.3 is 5.32 Å². The molecule has 2 heterocycles. The van der Waals surface area contributed by atoms with E-state index in [-0.39, 0.29) is 5.41 Å². The van der Waals surface area contributed by atoms with Crippen molar-refractivity contribution in [2.75, 3.05) is 6.54 Å². The van der Waals surface area contributed by atoms with Gasteiger partial charge in [0.1, 0.15) is 0 Å². The lowest BCUT2D eigenvalue weighted by Crippen LogP contribution is -2.35. The summed E-state index contributed by atoms with van der Waals surface area (Å²) < 4.78 is 0. The zero-order valence-electron chi connectivity index (χ0n) is 13.4. The van der Waals surface area contributed by atoms with Crippen molar-refractivity contribution in [1.29, 1.82) is 0 Å². The Balaban J connectivity index is 1.90. The van der Waals surface area contributed by atoms with E-state index in [1.165, 1.54) is 47.7 Å². The minimum atomic E-state index is 0.138. The first-order valence-electron chi connectivity index (χ1n) is 8.14. The Kier molecular flexibility index (Phi) is 3.99. The minimum absolute atomic E-state index is 0.138. The second kappa shape index (κ2) is 5.76. The molecular weight excluding hydrogens is 256 g/mol. The molecular formula is C19H26N2. The fourth-order valence-corrected chi connectivity index (χ4v) is 3.33. The van der Waals surface area contributed by atoms with Gasteiger partial charge in [0.25, 0.3) is 0 Å². The van der Waals surface area contributed by atoms with Crippen LogP contribution in [0.2, 0.25) is 0 Å². The molecule has 0 radical (unpaired) electrons. The largest absolute Gasteiger partial charge is 0.314 e. The van der Waals surface area contributed by atoms with E-state index >= 15 is 0 Å². The van der Waals surface area contributed by atoms with E-state index in [0.29, 0.717) is 6.04 Å². The molecule has 1 aliphatic heterocycles. The number of fused-ring (bicyclic) bond motifs is 1. The molecule has 1 aromatic heterocycles.